The topological polar surface area (TPSA) is 21.1 Å². The second kappa shape index (κ2) is 7.56. The Morgan fingerprint density at radius 1 is 1.00 bits per heavy atom. The monoisotopic (exact) mass is 377 g/mol. The van der Waals surface area contributed by atoms with Crippen LogP contribution >= 0.6 is 23.2 Å². The first-order chi connectivity index (χ1) is 12.0. The Morgan fingerprint density at radius 2 is 1.68 bits per heavy atom. The summed E-state index contributed by atoms with van der Waals surface area (Å²) < 4.78 is 15.7. The number of hydrogen-bond donors (Lipinski definition) is 0. The highest BCUT2D eigenvalue weighted by molar-refractivity contribution is 6.31. The number of aryl methyl sites for hydroxylation is 1. The van der Waals surface area contributed by atoms with Gasteiger partial charge in [0.25, 0.3) is 0 Å². The van der Waals surface area contributed by atoms with E-state index in [1.54, 1.807) is 16.8 Å². The molecule has 0 atom stereocenters. The van der Waals surface area contributed by atoms with Crippen LogP contribution in [0.4, 0.5) is 4.39 Å². The van der Waals surface area contributed by atoms with Crippen molar-refractivity contribution in [3.63, 3.8) is 0 Å². The molecule has 25 heavy (non-hydrogen) atoms. The van der Waals surface area contributed by atoms with Crippen LogP contribution in [0.3, 0.4) is 0 Å². The Balaban J connectivity index is 1.82. The van der Waals surface area contributed by atoms with Crippen LogP contribution < -0.4 is 0 Å². The van der Waals surface area contributed by atoms with E-state index in [0.717, 1.165) is 16.9 Å². The van der Waals surface area contributed by atoms with Crippen molar-refractivity contribution < 1.29 is 4.39 Å². The molecule has 0 saturated carbocycles. The first kappa shape index (κ1) is 17.9. The number of hydrogen-bond acceptors (Lipinski definition) is 2. The molecule has 2 aromatic carbocycles. The Bertz CT molecular complexity index is 858. The van der Waals surface area contributed by atoms with Gasteiger partial charge in [-0.25, -0.2) is 9.07 Å². The Kier molecular flexibility index (Phi) is 5.42. The van der Waals surface area contributed by atoms with E-state index in [1.807, 2.05) is 49.2 Å². The van der Waals surface area contributed by atoms with Crippen LogP contribution in [0.25, 0.3) is 5.69 Å². The number of para-hydroxylation sites is 1. The second-order valence-corrected chi connectivity index (χ2v) is 6.74. The van der Waals surface area contributed by atoms with E-state index >= 15 is 0 Å². The van der Waals surface area contributed by atoms with Crippen molar-refractivity contribution in [2.75, 3.05) is 7.05 Å². The minimum absolute atomic E-state index is 0.304. The summed E-state index contributed by atoms with van der Waals surface area (Å²) in [6, 6.07) is 14.4. The van der Waals surface area contributed by atoms with Gasteiger partial charge < -0.3 is 0 Å². The maximum atomic E-state index is 14.0. The van der Waals surface area contributed by atoms with E-state index in [1.165, 1.54) is 6.07 Å². The van der Waals surface area contributed by atoms with E-state index < -0.39 is 0 Å². The zero-order valence-corrected chi connectivity index (χ0v) is 15.5. The number of rotatable bonds is 5. The van der Waals surface area contributed by atoms with E-state index in [9.17, 15) is 4.39 Å². The van der Waals surface area contributed by atoms with E-state index in [2.05, 4.69) is 5.10 Å². The zero-order valence-electron chi connectivity index (χ0n) is 14.0. The quantitative estimate of drug-likeness (QED) is 0.604. The fraction of sp³-hybridized carbons (Fsp3) is 0.211. The standard InChI is InChI=1S/C19H18Cl2FN3/c1-13-15(19(21)25(23-13)14-7-4-3-5-8-14)11-24(2)12-16-17(20)9-6-10-18(16)22/h3-10H,11-12H2,1-2H3. The highest BCUT2D eigenvalue weighted by Gasteiger charge is 2.17. The van der Waals surface area contributed by atoms with Crippen LogP contribution in [0.15, 0.2) is 48.5 Å². The SMILES string of the molecule is Cc1nn(-c2ccccc2)c(Cl)c1CN(C)Cc1c(F)cccc1Cl. The molecule has 0 amide bonds. The van der Waals surface area contributed by atoms with Gasteiger partial charge in [0, 0.05) is 29.2 Å². The molecule has 3 rings (SSSR count). The largest absolute Gasteiger partial charge is 0.298 e. The lowest BCUT2D eigenvalue weighted by Crippen LogP contribution is -2.19. The lowest BCUT2D eigenvalue weighted by atomic mass is 10.2. The molecule has 6 heteroatoms. The molecule has 1 aromatic heterocycles. The fourth-order valence-electron chi connectivity index (χ4n) is 2.73. The van der Waals surface area contributed by atoms with Gasteiger partial charge in [-0.05, 0) is 38.2 Å². The average Bonchev–Trinajstić information content (AvgIpc) is 2.87. The van der Waals surface area contributed by atoms with E-state index in [0.29, 0.717) is 28.8 Å². The Labute approximate surface area is 156 Å². The molecule has 0 bridgehead atoms. The number of nitrogens with zero attached hydrogens (tertiary/aromatic N) is 3. The van der Waals surface area contributed by atoms with Crippen molar-refractivity contribution in [1.82, 2.24) is 14.7 Å². The minimum Gasteiger partial charge on any atom is -0.298 e. The van der Waals surface area contributed by atoms with Gasteiger partial charge in [-0.15, -0.1) is 0 Å². The van der Waals surface area contributed by atoms with Gasteiger partial charge in [0.15, 0.2) is 0 Å². The summed E-state index contributed by atoms with van der Waals surface area (Å²) in [7, 11) is 1.90. The molecule has 0 aliphatic carbocycles. The van der Waals surface area contributed by atoms with Gasteiger partial charge in [-0.3, -0.25) is 4.90 Å². The molecular weight excluding hydrogens is 360 g/mol. The molecule has 0 unspecified atom stereocenters. The molecule has 0 aliphatic heterocycles. The lowest BCUT2D eigenvalue weighted by Gasteiger charge is -2.18. The van der Waals surface area contributed by atoms with E-state index in [4.69, 9.17) is 23.2 Å². The molecule has 1 heterocycles. The van der Waals surface area contributed by atoms with Crippen molar-refractivity contribution in [2.24, 2.45) is 0 Å². The van der Waals surface area contributed by atoms with Crippen molar-refractivity contribution in [3.05, 3.63) is 81.3 Å². The number of aromatic nitrogens is 2. The van der Waals surface area contributed by atoms with E-state index in [-0.39, 0.29) is 5.82 Å². The molecule has 0 saturated heterocycles. The molecule has 0 aliphatic rings. The van der Waals surface area contributed by atoms with Gasteiger partial charge in [0.1, 0.15) is 11.0 Å². The molecule has 3 nitrogen and oxygen atoms in total. The summed E-state index contributed by atoms with van der Waals surface area (Å²) in [6.07, 6.45) is 0. The summed E-state index contributed by atoms with van der Waals surface area (Å²) in [5, 5.41) is 5.52. The molecule has 0 N–H and O–H groups in total. The zero-order chi connectivity index (χ0) is 18.0. The van der Waals surface area contributed by atoms with Gasteiger partial charge in [0.2, 0.25) is 0 Å². The third kappa shape index (κ3) is 3.87. The van der Waals surface area contributed by atoms with Gasteiger partial charge >= 0.3 is 0 Å². The third-order valence-electron chi connectivity index (χ3n) is 4.04. The molecule has 130 valence electrons. The molecule has 3 aromatic rings. The summed E-state index contributed by atoms with van der Waals surface area (Å²) in [6.45, 7) is 2.85. The van der Waals surface area contributed by atoms with Crippen LogP contribution in [0.5, 0.6) is 0 Å². The van der Waals surface area contributed by atoms with Crippen LogP contribution in [0.1, 0.15) is 16.8 Å². The highest BCUT2D eigenvalue weighted by atomic mass is 35.5. The van der Waals surface area contributed by atoms with Crippen molar-refractivity contribution in [3.8, 4) is 5.69 Å². The summed E-state index contributed by atoms with van der Waals surface area (Å²) in [5.74, 6) is -0.304. The summed E-state index contributed by atoms with van der Waals surface area (Å²) >= 11 is 12.7. The molecular formula is C19H18Cl2FN3. The molecule has 0 radical (unpaired) electrons. The van der Waals surface area contributed by atoms with Crippen LogP contribution in [0.2, 0.25) is 10.2 Å². The highest BCUT2D eigenvalue weighted by Crippen LogP contribution is 2.26. The number of benzene rings is 2. The first-order valence-corrected chi connectivity index (χ1v) is 8.64. The summed E-state index contributed by atoms with van der Waals surface area (Å²) in [5.41, 5.74) is 3.15. The predicted octanol–water partition coefficient (Wildman–Crippen LogP) is 5.26. The number of halogens is 3. The maximum Gasteiger partial charge on any atom is 0.137 e. The predicted molar refractivity (Wildman–Crippen MR) is 99.9 cm³/mol. The maximum absolute atomic E-state index is 14.0. The smallest absolute Gasteiger partial charge is 0.137 e. The Hall–Kier alpha value is -1.88. The fourth-order valence-corrected chi connectivity index (χ4v) is 3.29. The van der Waals surface area contributed by atoms with Gasteiger partial charge in [0.05, 0.1) is 11.4 Å². The first-order valence-electron chi connectivity index (χ1n) is 7.88. The van der Waals surface area contributed by atoms with Crippen LogP contribution in [-0.2, 0) is 13.1 Å². The third-order valence-corrected chi connectivity index (χ3v) is 4.78. The van der Waals surface area contributed by atoms with Crippen LogP contribution in [0, 0.1) is 12.7 Å². The molecule has 0 spiro atoms. The van der Waals surface area contributed by atoms with Crippen molar-refractivity contribution in [2.45, 2.75) is 20.0 Å². The van der Waals surface area contributed by atoms with Crippen LogP contribution in [-0.4, -0.2) is 21.7 Å². The normalized spacial score (nSPS) is 11.3. The molecule has 0 fully saturated rings. The van der Waals surface area contributed by atoms with Crippen molar-refractivity contribution in [1.29, 1.82) is 0 Å². The second-order valence-electron chi connectivity index (χ2n) is 5.97. The average molecular weight is 378 g/mol. The van der Waals surface area contributed by atoms with Gasteiger partial charge in [-0.1, -0.05) is 47.5 Å². The summed E-state index contributed by atoms with van der Waals surface area (Å²) in [4.78, 5) is 1.97. The Morgan fingerprint density at radius 3 is 2.36 bits per heavy atom. The minimum atomic E-state index is -0.304. The lowest BCUT2D eigenvalue weighted by molar-refractivity contribution is 0.313. The van der Waals surface area contributed by atoms with Crippen molar-refractivity contribution >= 4 is 23.2 Å². The van der Waals surface area contributed by atoms with Gasteiger partial charge in [-0.2, -0.15) is 5.10 Å².